The second-order valence-electron chi connectivity index (χ2n) is 6.52. The predicted molar refractivity (Wildman–Crippen MR) is 103 cm³/mol. The van der Waals surface area contributed by atoms with Crippen molar-refractivity contribution >= 4 is 15.9 Å². The number of pyridine rings is 1. The van der Waals surface area contributed by atoms with Crippen LogP contribution >= 0.6 is 0 Å². The number of benzene rings is 1. The Morgan fingerprint density at radius 3 is 2.41 bits per heavy atom. The van der Waals surface area contributed by atoms with Crippen LogP contribution in [0.4, 0.5) is 0 Å². The van der Waals surface area contributed by atoms with Gasteiger partial charge < -0.3 is 10.1 Å². The maximum atomic E-state index is 12.4. The van der Waals surface area contributed by atoms with Crippen molar-refractivity contribution in [3.8, 4) is 5.75 Å². The summed E-state index contributed by atoms with van der Waals surface area (Å²) in [6.45, 7) is 6.34. The van der Waals surface area contributed by atoms with E-state index in [-0.39, 0.29) is 17.3 Å². The normalized spacial score (nSPS) is 12.6. The first kappa shape index (κ1) is 20.9. The summed E-state index contributed by atoms with van der Waals surface area (Å²) in [4.78, 5) is 16.1. The standard InChI is InChI=1S/C19H25N3O4S/c1-14(2)12-21-19(23)15(3)26-17-7-9-18(10-8-17)27(24,25)22-13-16-6-4-5-11-20-16/h4-11,14-15,22H,12-13H2,1-3H3,(H,21,23)/t15-/m0/s1. The first-order valence-corrected chi connectivity index (χ1v) is 10.2. The van der Waals surface area contributed by atoms with Gasteiger partial charge in [0.15, 0.2) is 6.10 Å². The minimum absolute atomic E-state index is 0.106. The molecule has 0 aliphatic rings. The van der Waals surface area contributed by atoms with E-state index in [0.717, 1.165) is 0 Å². The van der Waals surface area contributed by atoms with E-state index in [2.05, 4.69) is 15.0 Å². The molecule has 2 N–H and O–H groups in total. The monoisotopic (exact) mass is 391 g/mol. The molecule has 0 aliphatic carbocycles. The summed E-state index contributed by atoms with van der Waals surface area (Å²) < 4.78 is 32.8. The quantitative estimate of drug-likeness (QED) is 0.682. The Morgan fingerprint density at radius 2 is 1.81 bits per heavy atom. The molecule has 0 bridgehead atoms. The number of aromatic nitrogens is 1. The molecule has 0 unspecified atom stereocenters. The molecule has 2 aromatic rings. The van der Waals surface area contributed by atoms with Gasteiger partial charge in [-0.1, -0.05) is 19.9 Å². The van der Waals surface area contributed by atoms with Crippen LogP contribution in [-0.4, -0.2) is 32.0 Å². The van der Waals surface area contributed by atoms with Crippen molar-refractivity contribution in [2.75, 3.05) is 6.54 Å². The van der Waals surface area contributed by atoms with Gasteiger partial charge in [-0.05, 0) is 49.2 Å². The fourth-order valence-corrected chi connectivity index (χ4v) is 3.16. The minimum Gasteiger partial charge on any atom is -0.481 e. The van der Waals surface area contributed by atoms with Gasteiger partial charge in [-0.15, -0.1) is 0 Å². The molecule has 146 valence electrons. The summed E-state index contributed by atoms with van der Waals surface area (Å²) >= 11 is 0. The Labute approximate surface area is 160 Å². The molecule has 0 saturated carbocycles. The molecule has 1 aromatic heterocycles. The van der Waals surface area contributed by atoms with E-state index >= 15 is 0 Å². The lowest BCUT2D eigenvalue weighted by molar-refractivity contribution is -0.127. The van der Waals surface area contributed by atoms with Crippen molar-refractivity contribution in [2.24, 2.45) is 5.92 Å². The molecule has 1 aromatic carbocycles. The average molecular weight is 391 g/mol. The number of carbonyl (C=O) groups is 1. The third-order valence-electron chi connectivity index (χ3n) is 3.67. The molecular weight excluding hydrogens is 366 g/mol. The van der Waals surface area contributed by atoms with E-state index in [9.17, 15) is 13.2 Å². The summed E-state index contributed by atoms with van der Waals surface area (Å²) in [6, 6.07) is 11.2. The lowest BCUT2D eigenvalue weighted by Crippen LogP contribution is -2.38. The molecule has 1 amide bonds. The highest BCUT2D eigenvalue weighted by Crippen LogP contribution is 2.17. The molecule has 1 heterocycles. The summed E-state index contributed by atoms with van der Waals surface area (Å²) in [5, 5.41) is 2.79. The highest BCUT2D eigenvalue weighted by Gasteiger charge is 2.17. The molecule has 0 aliphatic heterocycles. The van der Waals surface area contributed by atoms with Gasteiger partial charge in [0.05, 0.1) is 17.1 Å². The van der Waals surface area contributed by atoms with Gasteiger partial charge in [0, 0.05) is 12.7 Å². The number of nitrogens with zero attached hydrogens (tertiary/aromatic N) is 1. The van der Waals surface area contributed by atoms with Crippen LogP contribution in [0, 0.1) is 5.92 Å². The Kier molecular flexibility index (Phi) is 7.32. The second-order valence-corrected chi connectivity index (χ2v) is 8.28. The van der Waals surface area contributed by atoms with Gasteiger partial charge in [-0.2, -0.15) is 0 Å². The maximum Gasteiger partial charge on any atom is 0.260 e. The van der Waals surface area contributed by atoms with E-state index in [1.54, 1.807) is 31.3 Å². The summed E-state index contributed by atoms with van der Waals surface area (Å²) in [6.07, 6.45) is 0.933. The molecule has 0 radical (unpaired) electrons. The fraction of sp³-hybridized carbons (Fsp3) is 0.368. The zero-order valence-electron chi connectivity index (χ0n) is 15.7. The van der Waals surface area contributed by atoms with Gasteiger partial charge in [-0.25, -0.2) is 13.1 Å². The molecule has 2 rings (SSSR count). The van der Waals surface area contributed by atoms with Crippen LogP contribution < -0.4 is 14.8 Å². The minimum atomic E-state index is -3.66. The van der Waals surface area contributed by atoms with Crippen LogP contribution in [0.15, 0.2) is 53.6 Å². The zero-order valence-corrected chi connectivity index (χ0v) is 16.5. The van der Waals surface area contributed by atoms with Gasteiger partial charge in [-0.3, -0.25) is 9.78 Å². The van der Waals surface area contributed by atoms with E-state index in [0.29, 0.717) is 23.9 Å². The highest BCUT2D eigenvalue weighted by molar-refractivity contribution is 7.89. The maximum absolute atomic E-state index is 12.4. The Balaban J connectivity index is 1.94. The first-order valence-electron chi connectivity index (χ1n) is 8.72. The van der Waals surface area contributed by atoms with Gasteiger partial charge in [0.25, 0.3) is 5.91 Å². The number of carbonyl (C=O) groups excluding carboxylic acids is 1. The van der Waals surface area contributed by atoms with Crippen molar-refractivity contribution in [2.45, 2.75) is 38.3 Å². The number of hydrogen-bond donors (Lipinski definition) is 2. The number of ether oxygens (including phenoxy) is 1. The summed E-state index contributed by atoms with van der Waals surface area (Å²) in [5.74, 6) is 0.563. The number of sulfonamides is 1. The van der Waals surface area contributed by atoms with Gasteiger partial charge in [0.1, 0.15) is 5.75 Å². The Morgan fingerprint density at radius 1 is 1.11 bits per heavy atom. The topological polar surface area (TPSA) is 97.4 Å². The molecule has 0 spiro atoms. The first-order chi connectivity index (χ1) is 12.8. The molecular formula is C19H25N3O4S. The summed E-state index contributed by atoms with van der Waals surface area (Å²) in [5.41, 5.74) is 0.627. The van der Waals surface area contributed by atoms with Crippen LogP contribution in [-0.2, 0) is 21.4 Å². The van der Waals surface area contributed by atoms with Crippen molar-refractivity contribution in [1.82, 2.24) is 15.0 Å². The van der Waals surface area contributed by atoms with E-state index in [1.807, 2.05) is 13.8 Å². The molecule has 7 nitrogen and oxygen atoms in total. The Bertz CT molecular complexity index is 837. The van der Waals surface area contributed by atoms with Crippen molar-refractivity contribution in [1.29, 1.82) is 0 Å². The zero-order chi connectivity index (χ0) is 19.9. The number of hydrogen-bond acceptors (Lipinski definition) is 5. The average Bonchev–Trinajstić information content (AvgIpc) is 2.65. The van der Waals surface area contributed by atoms with Crippen LogP contribution in [0.25, 0.3) is 0 Å². The largest absolute Gasteiger partial charge is 0.481 e. The van der Waals surface area contributed by atoms with Gasteiger partial charge in [0.2, 0.25) is 10.0 Å². The van der Waals surface area contributed by atoms with E-state index < -0.39 is 16.1 Å². The third kappa shape index (κ3) is 6.65. The smallest absolute Gasteiger partial charge is 0.260 e. The number of nitrogens with one attached hydrogen (secondary N) is 2. The second kappa shape index (κ2) is 9.48. The molecule has 8 heteroatoms. The van der Waals surface area contributed by atoms with Gasteiger partial charge >= 0.3 is 0 Å². The fourth-order valence-electron chi connectivity index (χ4n) is 2.16. The number of amides is 1. The molecule has 0 saturated heterocycles. The van der Waals surface area contributed by atoms with E-state index in [1.165, 1.54) is 24.3 Å². The highest BCUT2D eigenvalue weighted by atomic mass is 32.2. The van der Waals surface area contributed by atoms with Crippen molar-refractivity contribution in [3.05, 3.63) is 54.4 Å². The number of rotatable bonds is 9. The van der Waals surface area contributed by atoms with Crippen molar-refractivity contribution < 1.29 is 17.9 Å². The molecule has 1 atom stereocenters. The lowest BCUT2D eigenvalue weighted by Gasteiger charge is -2.16. The van der Waals surface area contributed by atoms with Crippen LogP contribution in [0.1, 0.15) is 26.5 Å². The predicted octanol–water partition coefficient (Wildman–Crippen LogP) is 2.10. The SMILES string of the molecule is CC(C)CNC(=O)[C@H](C)Oc1ccc(S(=O)(=O)NCc2ccccn2)cc1. The van der Waals surface area contributed by atoms with Crippen LogP contribution in [0.3, 0.4) is 0 Å². The lowest BCUT2D eigenvalue weighted by atomic mass is 10.2. The summed E-state index contributed by atoms with van der Waals surface area (Å²) in [7, 11) is -3.66. The molecule has 27 heavy (non-hydrogen) atoms. The van der Waals surface area contributed by atoms with Crippen LogP contribution in [0.5, 0.6) is 5.75 Å². The van der Waals surface area contributed by atoms with E-state index in [4.69, 9.17) is 4.74 Å². The Hall–Kier alpha value is -2.45. The molecule has 0 fully saturated rings. The van der Waals surface area contributed by atoms with Crippen molar-refractivity contribution in [3.63, 3.8) is 0 Å². The van der Waals surface area contributed by atoms with Crippen LogP contribution in [0.2, 0.25) is 0 Å². The third-order valence-corrected chi connectivity index (χ3v) is 5.09.